The van der Waals surface area contributed by atoms with Crippen LogP contribution < -0.4 is 10.6 Å². The Labute approximate surface area is 172 Å². The number of carbonyl (C=O) groups is 2. The molecular formula is C23H29N3O3. The van der Waals surface area contributed by atoms with Crippen molar-refractivity contribution in [2.45, 2.75) is 32.4 Å². The molecule has 0 aromatic heterocycles. The molecule has 1 aliphatic heterocycles. The van der Waals surface area contributed by atoms with Crippen molar-refractivity contribution in [3.8, 4) is 0 Å². The van der Waals surface area contributed by atoms with Crippen LogP contribution >= 0.6 is 0 Å². The van der Waals surface area contributed by atoms with Gasteiger partial charge in [-0.3, -0.25) is 9.59 Å². The molecule has 154 valence electrons. The van der Waals surface area contributed by atoms with Crippen molar-refractivity contribution in [1.82, 2.24) is 10.2 Å². The smallest absolute Gasteiger partial charge is 0.256 e. The first kappa shape index (κ1) is 20.9. The minimum Gasteiger partial charge on any atom is -0.383 e. The van der Waals surface area contributed by atoms with E-state index in [9.17, 15) is 9.59 Å². The molecule has 0 aliphatic carbocycles. The first-order chi connectivity index (χ1) is 14.2. The fourth-order valence-corrected chi connectivity index (χ4v) is 3.50. The summed E-state index contributed by atoms with van der Waals surface area (Å²) in [4.78, 5) is 26.8. The Morgan fingerprint density at radius 1 is 1.10 bits per heavy atom. The van der Waals surface area contributed by atoms with Gasteiger partial charge in [-0.05, 0) is 36.8 Å². The molecule has 0 saturated carbocycles. The maximum atomic E-state index is 12.8. The second-order valence-corrected chi connectivity index (χ2v) is 7.17. The van der Waals surface area contributed by atoms with Crippen molar-refractivity contribution in [2.75, 3.05) is 32.1 Å². The zero-order valence-corrected chi connectivity index (χ0v) is 17.1. The lowest BCUT2D eigenvalue weighted by Gasteiger charge is -2.27. The highest BCUT2D eigenvalue weighted by Gasteiger charge is 2.36. The van der Waals surface area contributed by atoms with Crippen LogP contribution in [-0.2, 0) is 4.74 Å². The maximum absolute atomic E-state index is 12.8. The molecule has 0 spiro atoms. The first-order valence-corrected chi connectivity index (χ1v) is 10.2. The molecule has 0 saturated heterocycles. The molecule has 0 radical (unpaired) electrons. The predicted molar refractivity (Wildman–Crippen MR) is 114 cm³/mol. The molecule has 0 bridgehead atoms. The number of hydrogen-bond donors (Lipinski definition) is 2. The zero-order valence-electron chi connectivity index (χ0n) is 17.1. The number of methoxy groups -OCH3 is 1. The molecule has 2 N–H and O–H groups in total. The summed E-state index contributed by atoms with van der Waals surface area (Å²) < 4.78 is 5.17. The molecule has 6 nitrogen and oxygen atoms in total. The highest BCUT2D eigenvalue weighted by atomic mass is 16.5. The summed E-state index contributed by atoms with van der Waals surface area (Å²) in [7, 11) is 1.63. The molecule has 6 heteroatoms. The van der Waals surface area contributed by atoms with E-state index < -0.39 is 0 Å². The highest BCUT2D eigenvalue weighted by molar-refractivity contribution is 5.99. The number of anilines is 1. The van der Waals surface area contributed by atoms with Gasteiger partial charge >= 0.3 is 0 Å². The average molecular weight is 396 g/mol. The van der Waals surface area contributed by atoms with Gasteiger partial charge in [0, 0.05) is 42.6 Å². The van der Waals surface area contributed by atoms with Crippen LogP contribution in [0.25, 0.3) is 0 Å². The van der Waals surface area contributed by atoms with E-state index in [0.717, 1.165) is 30.5 Å². The molecule has 1 heterocycles. The quantitative estimate of drug-likeness (QED) is 0.600. The van der Waals surface area contributed by atoms with Crippen LogP contribution in [0.1, 0.15) is 58.6 Å². The number of carbonyl (C=O) groups excluding carboxylic acids is 2. The summed E-state index contributed by atoms with van der Waals surface area (Å²) in [6.07, 6.45) is 2.98. The fraction of sp³-hybridized carbons (Fsp3) is 0.391. The van der Waals surface area contributed by atoms with Gasteiger partial charge in [-0.15, -0.1) is 0 Å². The van der Waals surface area contributed by atoms with Crippen LogP contribution in [-0.4, -0.2) is 43.5 Å². The van der Waals surface area contributed by atoms with Crippen molar-refractivity contribution in [3.05, 3.63) is 65.2 Å². The van der Waals surface area contributed by atoms with Crippen molar-refractivity contribution in [3.63, 3.8) is 0 Å². The van der Waals surface area contributed by atoms with Crippen molar-refractivity contribution >= 4 is 17.5 Å². The summed E-state index contributed by atoms with van der Waals surface area (Å²) >= 11 is 0. The average Bonchev–Trinajstić information content (AvgIpc) is 3.01. The van der Waals surface area contributed by atoms with Crippen LogP contribution in [0.15, 0.2) is 48.5 Å². The summed E-state index contributed by atoms with van der Waals surface area (Å²) in [5.74, 6) is -0.0611. The van der Waals surface area contributed by atoms with Gasteiger partial charge in [0.05, 0.1) is 6.61 Å². The van der Waals surface area contributed by atoms with E-state index in [4.69, 9.17) is 4.74 Å². The van der Waals surface area contributed by atoms with E-state index in [1.165, 1.54) is 0 Å². The summed E-state index contributed by atoms with van der Waals surface area (Å²) in [6.45, 7) is 3.80. The number of hydrogen-bond acceptors (Lipinski definition) is 4. The van der Waals surface area contributed by atoms with Crippen LogP contribution in [0.5, 0.6) is 0 Å². The minimum atomic E-state index is -0.262. The zero-order chi connectivity index (χ0) is 20.6. The van der Waals surface area contributed by atoms with Gasteiger partial charge < -0.3 is 20.3 Å². The Bertz CT molecular complexity index is 836. The van der Waals surface area contributed by atoms with Gasteiger partial charge in [-0.25, -0.2) is 0 Å². The molecule has 3 rings (SSSR count). The van der Waals surface area contributed by atoms with E-state index in [2.05, 4.69) is 17.6 Å². The van der Waals surface area contributed by atoms with Crippen LogP contribution in [0, 0.1) is 0 Å². The second-order valence-electron chi connectivity index (χ2n) is 7.17. The summed E-state index contributed by atoms with van der Waals surface area (Å²) in [6, 6.07) is 15.0. The van der Waals surface area contributed by atoms with E-state index in [1.807, 2.05) is 36.4 Å². The number of unbranched alkanes of at least 4 members (excludes halogenated alkanes) is 2. The normalized spacial score (nSPS) is 15.3. The minimum absolute atomic E-state index is 0.00164. The third-order valence-corrected chi connectivity index (χ3v) is 5.11. The van der Waals surface area contributed by atoms with Crippen LogP contribution in [0.3, 0.4) is 0 Å². The molecule has 2 aromatic rings. The van der Waals surface area contributed by atoms with Gasteiger partial charge in [0.2, 0.25) is 0 Å². The third-order valence-electron chi connectivity index (χ3n) is 5.11. The number of benzene rings is 2. The fourth-order valence-electron chi connectivity index (χ4n) is 3.50. The lowest BCUT2D eigenvalue weighted by Crippen LogP contribution is -2.35. The Balaban J connectivity index is 1.69. The number of fused-ring (bicyclic) bond motifs is 1. The van der Waals surface area contributed by atoms with Crippen molar-refractivity contribution < 1.29 is 14.3 Å². The van der Waals surface area contributed by atoms with Crippen LogP contribution in [0.2, 0.25) is 0 Å². The first-order valence-electron chi connectivity index (χ1n) is 10.2. The molecule has 0 unspecified atom stereocenters. The molecule has 29 heavy (non-hydrogen) atoms. The van der Waals surface area contributed by atoms with E-state index in [0.29, 0.717) is 30.8 Å². The monoisotopic (exact) mass is 395 g/mol. The molecule has 1 atom stereocenters. The maximum Gasteiger partial charge on any atom is 0.256 e. The van der Waals surface area contributed by atoms with Gasteiger partial charge in [-0.1, -0.05) is 38.0 Å². The van der Waals surface area contributed by atoms with Crippen molar-refractivity contribution in [1.29, 1.82) is 0 Å². The van der Waals surface area contributed by atoms with Gasteiger partial charge in [0.15, 0.2) is 0 Å². The lowest BCUT2D eigenvalue weighted by atomic mass is 10.1. The van der Waals surface area contributed by atoms with Gasteiger partial charge in [0.1, 0.15) is 6.17 Å². The Morgan fingerprint density at radius 2 is 1.86 bits per heavy atom. The topological polar surface area (TPSA) is 70.7 Å². The second kappa shape index (κ2) is 10.1. The third kappa shape index (κ3) is 4.95. The number of ether oxygens (including phenoxy) is 1. The summed E-state index contributed by atoms with van der Waals surface area (Å²) in [5, 5.41) is 6.38. The molecular weight excluding hydrogens is 366 g/mol. The van der Waals surface area contributed by atoms with Crippen LogP contribution in [0.4, 0.5) is 5.69 Å². The Morgan fingerprint density at radius 3 is 2.59 bits per heavy atom. The largest absolute Gasteiger partial charge is 0.383 e. The van der Waals surface area contributed by atoms with Gasteiger partial charge in [-0.2, -0.15) is 0 Å². The van der Waals surface area contributed by atoms with E-state index in [-0.39, 0.29) is 18.0 Å². The van der Waals surface area contributed by atoms with Crippen molar-refractivity contribution in [2.24, 2.45) is 0 Å². The van der Waals surface area contributed by atoms with E-state index in [1.54, 1.807) is 24.1 Å². The molecule has 0 fully saturated rings. The number of nitrogens with one attached hydrogen (secondary N) is 2. The predicted octanol–water partition coefficient (Wildman–Crippen LogP) is 3.82. The summed E-state index contributed by atoms with van der Waals surface area (Å²) in [5.41, 5.74) is 3.14. The standard InChI is InChI=1S/C23H29N3O3/c1-3-4-7-14-24-22(27)17-10-12-18(13-11-17)25-21-19-8-5-6-9-20(19)23(28)26(21)15-16-29-2/h5-6,8-13,21,25H,3-4,7,14-16H2,1-2H3,(H,24,27)/t21-/m1/s1. The Kier molecular flexibility index (Phi) is 7.25. The number of nitrogens with zero attached hydrogens (tertiary/aromatic N) is 1. The number of amides is 2. The van der Waals surface area contributed by atoms with E-state index >= 15 is 0 Å². The molecule has 2 amide bonds. The lowest BCUT2D eigenvalue weighted by molar-refractivity contribution is 0.0674. The highest BCUT2D eigenvalue weighted by Crippen LogP contribution is 2.34. The van der Waals surface area contributed by atoms with Gasteiger partial charge in [0.25, 0.3) is 11.8 Å². The SMILES string of the molecule is CCCCCNC(=O)c1ccc(N[C@H]2c3ccccc3C(=O)N2CCOC)cc1. The Hall–Kier alpha value is -2.86. The molecule has 1 aliphatic rings. The molecule has 2 aromatic carbocycles. The number of rotatable bonds is 10.